The van der Waals surface area contributed by atoms with E-state index in [1.807, 2.05) is 6.92 Å². The first-order chi connectivity index (χ1) is 14.5. The normalized spacial score (nSPS) is 11.4. The molecule has 0 aliphatic rings. The monoisotopic (exact) mass is 408 g/mol. The van der Waals surface area contributed by atoms with Crippen molar-refractivity contribution in [1.82, 2.24) is 15.2 Å². The summed E-state index contributed by atoms with van der Waals surface area (Å²) >= 11 is 0. The maximum Gasteiger partial charge on any atom is 0.292 e. The van der Waals surface area contributed by atoms with Crippen LogP contribution in [0, 0.1) is 0 Å². The fraction of sp³-hybridized carbons (Fsp3) is 0.273. The third-order valence-corrected chi connectivity index (χ3v) is 4.64. The zero-order valence-electron chi connectivity index (χ0n) is 17.4. The highest BCUT2D eigenvalue weighted by atomic mass is 16.5. The summed E-state index contributed by atoms with van der Waals surface area (Å²) in [5.41, 5.74) is 3.74. The molecule has 0 radical (unpaired) electrons. The van der Waals surface area contributed by atoms with E-state index in [-0.39, 0.29) is 11.3 Å². The molecule has 0 saturated carbocycles. The van der Waals surface area contributed by atoms with E-state index >= 15 is 0 Å². The van der Waals surface area contributed by atoms with Gasteiger partial charge in [-0.3, -0.25) is 9.59 Å². The van der Waals surface area contributed by atoms with Gasteiger partial charge in [0, 0.05) is 23.6 Å². The van der Waals surface area contributed by atoms with Crippen LogP contribution in [0.25, 0.3) is 10.8 Å². The van der Waals surface area contributed by atoms with Crippen LogP contribution in [0.5, 0.6) is 11.5 Å². The number of aryl methyl sites for hydroxylation is 1. The highest BCUT2D eigenvalue weighted by molar-refractivity contribution is 6.06. The number of ether oxygens (including phenoxy) is 2. The fourth-order valence-corrected chi connectivity index (χ4v) is 3.11. The molecule has 0 fully saturated rings. The molecule has 0 saturated heterocycles. The van der Waals surface area contributed by atoms with Crippen LogP contribution in [0.1, 0.15) is 36.3 Å². The summed E-state index contributed by atoms with van der Waals surface area (Å²) in [4.78, 5) is 25.5. The van der Waals surface area contributed by atoms with E-state index in [1.54, 1.807) is 63.6 Å². The van der Waals surface area contributed by atoms with Gasteiger partial charge in [0.05, 0.1) is 25.3 Å². The lowest BCUT2D eigenvalue weighted by Crippen LogP contribution is -2.29. The number of nitrogens with zero attached hydrogens (tertiary/aromatic N) is 3. The summed E-state index contributed by atoms with van der Waals surface area (Å²) in [6.07, 6.45) is 0.723. The van der Waals surface area contributed by atoms with E-state index in [4.69, 9.17) is 9.47 Å². The van der Waals surface area contributed by atoms with E-state index in [1.165, 1.54) is 4.68 Å². The third kappa shape index (κ3) is 4.17. The molecule has 1 amide bonds. The smallest absolute Gasteiger partial charge is 0.292 e. The van der Waals surface area contributed by atoms with E-state index < -0.39 is 5.91 Å². The van der Waals surface area contributed by atoms with Gasteiger partial charge in [0.25, 0.3) is 11.5 Å². The van der Waals surface area contributed by atoms with Crippen LogP contribution >= 0.6 is 0 Å². The third-order valence-electron chi connectivity index (χ3n) is 4.64. The molecule has 2 aromatic carbocycles. The second kappa shape index (κ2) is 9.21. The number of aromatic nitrogens is 2. The van der Waals surface area contributed by atoms with Gasteiger partial charge >= 0.3 is 0 Å². The molecule has 1 aromatic heterocycles. The van der Waals surface area contributed by atoms with Gasteiger partial charge in [-0.1, -0.05) is 25.1 Å². The Hall–Kier alpha value is -3.68. The van der Waals surface area contributed by atoms with Crippen molar-refractivity contribution in [3.63, 3.8) is 0 Å². The topological polar surface area (TPSA) is 94.8 Å². The minimum absolute atomic E-state index is 0.150. The first-order valence-corrected chi connectivity index (χ1v) is 9.57. The summed E-state index contributed by atoms with van der Waals surface area (Å²) in [6, 6.07) is 12.3. The Morgan fingerprint density at radius 1 is 1.13 bits per heavy atom. The number of benzene rings is 2. The molecule has 0 aliphatic heterocycles. The second-order valence-electron chi connectivity index (χ2n) is 6.63. The molecule has 8 nitrogen and oxygen atoms in total. The molecular weight excluding hydrogens is 384 g/mol. The quantitative estimate of drug-likeness (QED) is 0.479. The van der Waals surface area contributed by atoms with Crippen molar-refractivity contribution in [2.24, 2.45) is 5.10 Å². The molecule has 0 spiro atoms. The van der Waals surface area contributed by atoms with Crippen molar-refractivity contribution >= 4 is 22.4 Å². The van der Waals surface area contributed by atoms with Gasteiger partial charge < -0.3 is 9.47 Å². The number of carbonyl (C=O) groups excluding carboxylic acids is 1. The lowest BCUT2D eigenvalue weighted by atomic mass is 10.1. The van der Waals surface area contributed by atoms with Gasteiger partial charge in [-0.15, -0.1) is 0 Å². The van der Waals surface area contributed by atoms with Crippen LogP contribution in [0.4, 0.5) is 0 Å². The molecule has 1 N–H and O–H groups in total. The summed E-state index contributed by atoms with van der Waals surface area (Å²) in [7, 11) is 3.13. The average molecular weight is 408 g/mol. The molecule has 8 heteroatoms. The number of carbonyl (C=O) groups is 1. The fourth-order valence-electron chi connectivity index (χ4n) is 3.11. The summed E-state index contributed by atoms with van der Waals surface area (Å²) < 4.78 is 11.9. The van der Waals surface area contributed by atoms with Crippen molar-refractivity contribution in [2.45, 2.75) is 26.8 Å². The zero-order valence-corrected chi connectivity index (χ0v) is 17.4. The first-order valence-electron chi connectivity index (χ1n) is 9.57. The molecule has 0 atom stereocenters. The summed E-state index contributed by atoms with van der Waals surface area (Å²) in [6.45, 7) is 4.13. The van der Waals surface area contributed by atoms with Crippen LogP contribution in [0.2, 0.25) is 0 Å². The lowest BCUT2D eigenvalue weighted by Gasteiger charge is -2.11. The molecule has 0 aliphatic carbocycles. The first kappa shape index (κ1) is 21.0. The van der Waals surface area contributed by atoms with E-state index in [0.29, 0.717) is 40.1 Å². The molecule has 0 unspecified atom stereocenters. The van der Waals surface area contributed by atoms with Gasteiger partial charge in [-0.05, 0) is 31.5 Å². The van der Waals surface area contributed by atoms with Crippen LogP contribution in [0.15, 0.2) is 52.4 Å². The Morgan fingerprint density at radius 3 is 2.53 bits per heavy atom. The van der Waals surface area contributed by atoms with Crippen LogP contribution in [0.3, 0.4) is 0 Å². The number of rotatable bonds is 7. The predicted octanol–water partition coefficient (Wildman–Crippen LogP) is 2.98. The van der Waals surface area contributed by atoms with Crippen LogP contribution < -0.4 is 20.5 Å². The summed E-state index contributed by atoms with van der Waals surface area (Å²) in [5, 5.41) is 9.42. The average Bonchev–Trinajstić information content (AvgIpc) is 2.78. The molecule has 0 bridgehead atoms. The molecule has 3 aromatic rings. The Balaban J connectivity index is 1.96. The molecule has 3 rings (SSSR count). The van der Waals surface area contributed by atoms with Crippen molar-refractivity contribution in [2.75, 3.05) is 14.2 Å². The Labute approximate surface area is 174 Å². The Bertz CT molecular complexity index is 1170. The van der Waals surface area contributed by atoms with Crippen LogP contribution in [-0.4, -0.2) is 35.6 Å². The minimum Gasteiger partial charge on any atom is -0.497 e. The van der Waals surface area contributed by atoms with Gasteiger partial charge in [0.15, 0.2) is 5.69 Å². The molecular formula is C22H24N4O4. The van der Waals surface area contributed by atoms with Gasteiger partial charge in [0.2, 0.25) is 0 Å². The SMILES string of the molecule is CCCn1nc(C(=O)N/N=C(/C)c2ccc(OC)cc2OC)c2ccccc2c1=O. The van der Waals surface area contributed by atoms with Crippen molar-refractivity contribution < 1.29 is 14.3 Å². The van der Waals surface area contributed by atoms with Crippen molar-refractivity contribution in [3.05, 3.63) is 64.1 Å². The van der Waals surface area contributed by atoms with Gasteiger partial charge in [-0.25, -0.2) is 10.1 Å². The number of nitrogens with one attached hydrogen (secondary N) is 1. The number of fused-ring (bicyclic) bond motifs is 1. The lowest BCUT2D eigenvalue weighted by molar-refractivity contribution is 0.0949. The van der Waals surface area contributed by atoms with Crippen LogP contribution in [-0.2, 0) is 6.54 Å². The zero-order chi connectivity index (χ0) is 21.7. The number of methoxy groups -OCH3 is 2. The highest BCUT2D eigenvalue weighted by Gasteiger charge is 2.16. The molecule has 1 heterocycles. The second-order valence-corrected chi connectivity index (χ2v) is 6.63. The van der Waals surface area contributed by atoms with E-state index in [2.05, 4.69) is 15.6 Å². The minimum atomic E-state index is -0.497. The maximum atomic E-state index is 12.9. The number of hydrogen-bond acceptors (Lipinski definition) is 6. The highest BCUT2D eigenvalue weighted by Crippen LogP contribution is 2.25. The van der Waals surface area contributed by atoms with Gasteiger partial charge in [0.1, 0.15) is 11.5 Å². The van der Waals surface area contributed by atoms with E-state index in [9.17, 15) is 9.59 Å². The standard InChI is InChI=1S/C22H24N4O4/c1-5-12-26-22(28)18-9-7-6-8-17(18)20(25-26)21(27)24-23-14(2)16-11-10-15(29-3)13-19(16)30-4/h6-11,13H,5,12H2,1-4H3,(H,24,27)/b23-14-. The summed E-state index contributed by atoms with van der Waals surface area (Å²) in [5.74, 6) is 0.731. The number of amides is 1. The van der Waals surface area contributed by atoms with Crippen molar-refractivity contribution in [1.29, 1.82) is 0 Å². The predicted molar refractivity (Wildman–Crippen MR) is 116 cm³/mol. The van der Waals surface area contributed by atoms with E-state index in [0.717, 1.165) is 6.42 Å². The number of hydrazone groups is 1. The Morgan fingerprint density at radius 2 is 1.87 bits per heavy atom. The van der Waals surface area contributed by atoms with Gasteiger partial charge in [-0.2, -0.15) is 10.2 Å². The maximum absolute atomic E-state index is 12.9. The Kier molecular flexibility index (Phi) is 6.46. The number of hydrogen-bond donors (Lipinski definition) is 1. The molecule has 30 heavy (non-hydrogen) atoms. The molecule has 156 valence electrons. The van der Waals surface area contributed by atoms with Crippen molar-refractivity contribution in [3.8, 4) is 11.5 Å². The largest absolute Gasteiger partial charge is 0.497 e.